The van der Waals surface area contributed by atoms with Crippen molar-refractivity contribution in [2.24, 2.45) is 0 Å². The molecule has 0 unspecified atom stereocenters. The van der Waals surface area contributed by atoms with Gasteiger partial charge in [-0.3, -0.25) is 0 Å². The Kier molecular flexibility index (Phi) is 4.30. The van der Waals surface area contributed by atoms with Gasteiger partial charge >= 0.3 is 6.18 Å². The summed E-state index contributed by atoms with van der Waals surface area (Å²) in [5.74, 6) is -0.0631. The first-order valence-corrected chi connectivity index (χ1v) is 7.02. The number of aromatic nitrogens is 1. The molecule has 104 valence electrons. The predicted octanol–water partition coefficient (Wildman–Crippen LogP) is 4.41. The minimum Gasteiger partial charge on any atom is -0.364 e. The molecule has 0 amide bonds. The van der Waals surface area contributed by atoms with Gasteiger partial charge in [0, 0.05) is 14.7 Å². The van der Waals surface area contributed by atoms with Crippen molar-refractivity contribution < 1.29 is 13.2 Å². The van der Waals surface area contributed by atoms with E-state index in [9.17, 15) is 13.2 Å². The molecule has 20 heavy (non-hydrogen) atoms. The third-order valence-corrected chi connectivity index (χ3v) is 4.06. The summed E-state index contributed by atoms with van der Waals surface area (Å²) in [5.41, 5.74) is -0.944. The molecule has 0 aromatic carbocycles. The number of alkyl halides is 3. The molecule has 0 atom stereocenters. The Morgan fingerprint density at radius 2 is 2.15 bits per heavy atom. The molecule has 0 fully saturated rings. The van der Waals surface area contributed by atoms with Gasteiger partial charge in [0.05, 0.1) is 12.1 Å². The molecular formula is C12H7BrF3N3S. The van der Waals surface area contributed by atoms with Crippen LogP contribution in [0.4, 0.5) is 19.0 Å². The lowest BCUT2D eigenvalue weighted by Crippen LogP contribution is -2.11. The van der Waals surface area contributed by atoms with Crippen LogP contribution in [0.1, 0.15) is 16.1 Å². The molecule has 0 aliphatic heterocycles. The zero-order valence-electron chi connectivity index (χ0n) is 9.83. The highest BCUT2D eigenvalue weighted by Gasteiger charge is 2.33. The predicted molar refractivity (Wildman–Crippen MR) is 73.3 cm³/mol. The zero-order valence-corrected chi connectivity index (χ0v) is 12.2. The van der Waals surface area contributed by atoms with Gasteiger partial charge < -0.3 is 5.32 Å². The normalized spacial score (nSPS) is 11.2. The first-order chi connectivity index (χ1) is 9.40. The van der Waals surface area contributed by atoms with Crippen LogP contribution in [-0.2, 0) is 12.7 Å². The number of pyridine rings is 1. The smallest absolute Gasteiger partial charge is 0.364 e. The number of thiophene rings is 1. The van der Waals surface area contributed by atoms with Gasteiger partial charge in [0.1, 0.15) is 17.6 Å². The molecule has 0 saturated heterocycles. The number of nitriles is 1. The molecule has 0 bridgehead atoms. The number of hydrogen-bond donors (Lipinski definition) is 1. The average molecular weight is 362 g/mol. The van der Waals surface area contributed by atoms with Crippen LogP contribution >= 0.6 is 27.3 Å². The van der Waals surface area contributed by atoms with E-state index in [4.69, 9.17) is 5.26 Å². The molecule has 3 nitrogen and oxygen atoms in total. The lowest BCUT2D eigenvalue weighted by Gasteiger charge is -2.10. The molecule has 0 aliphatic rings. The van der Waals surface area contributed by atoms with Crippen molar-refractivity contribution in [2.75, 3.05) is 5.32 Å². The fourth-order valence-electron chi connectivity index (χ4n) is 1.46. The van der Waals surface area contributed by atoms with E-state index < -0.39 is 11.9 Å². The molecule has 2 heterocycles. The van der Waals surface area contributed by atoms with E-state index in [-0.39, 0.29) is 11.4 Å². The molecule has 8 heteroatoms. The molecule has 0 spiro atoms. The van der Waals surface area contributed by atoms with Gasteiger partial charge in [0.2, 0.25) is 0 Å². The Morgan fingerprint density at radius 1 is 1.40 bits per heavy atom. The maximum absolute atomic E-state index is 12.6. The highest BCUT2D eigenvalue weighted by atomic mass is 79.9. The summed E-state index contributed by atoms with van der Waals surface area (Å²) >= 11 is 4.74. The van der Waals surface area contributed by atoms with Gasteiger partial charge in [-0.25, -0.2) is 4.98 Å². The highest BCUT2D eigenvalue weighted by molar-refractivity contribution is 9.10. The molecule has 1 N–H and O–H groups in total. The summed E-state index contributed by atoms with van der Waals surface area (Å²) in [5, 5.41) is 13.5. The molecule has 0 saturated carbocycles. The van der Waals surface area contributed by atoms with Crippen LogP contribution in [0.25, 0.3) is 0 Å². The summed E-state index contributed by atoms with van der Waals surface area (Å²) in [6.07, 6.45) is -4.53. The van der Waals surface area contributed by atoms with Crippen LogP contribution in [0.3, 0.4) is 0 Å². The van der Waals surface area contributed by atoms with Gasteiger partial charge in [0.25, 0.3) is 0 Å². The van der Waals surface area contributed by atoms with Crippen LogP contribution < -0.4 is 5.32 Å². The molecule has 0 radical (unpaired) electrons. The van der Waals surface area contributed by atoms with E-state index in [0.717, 1.165) is 21.5 Å². The minimum absolute atomic E-state index is 0.0631. The van der Waals surface area contributed by atoms with E-state index in [2.05, 4.69) is 26.2 Å². The van der Waals surface area contributed by atoms with Crippen LogP contribution in [0, 0.1) is 11.3 Å². The van der Waals surface area contributed by atoms with Gasteiger partial charge in [-0.2, -0.15) is 18.4 Å². The van der Waals surface area contributed by atoms with Crippen LogP contribution in [-0.4, -0.2) is 4.98 Å². The number of nitrogens with zero attached hydrogens (tertiary/aromatic N) is 2. The lowest BCUT2D eigenvalue weighted by molar-refractivity contribution is -0.141. The van der Waals surface area contributed by atoms with Crippen molar-refractivity contribution in [3.05, 3.63) is 44.2 Å². The standard InChI is InChI=1S/C12H7BrF3N3S/c13-8-3-9(20-6-8)5-18-11-7(4-17)1-2-10(19-11)12(14,15)16/h1-3,6H,5H2,(H,18,19). The molecule has 2 aromatic rings. The van der Waals surface area contributed by atoms with Crippen LogP contribution in [0.15, 0.2) is 28.1 Å². The van der Waals surface area contributed by atoms with Gasteiger partial charge in [-0.15, -0.1) is 11.3 Å². The van der Waals surface area contributed by atoms with Gasteiger partial charge in [-0.1, -0.05) is 0 Å². The fraction of sp³-hybridized carbons (Fsp3) is 0.167. The van der Waals surface area contributed by atoms with E-state index in [1.165, 1.54) is 11.3 Å². The maximum Gasteiger partial charge on any atom is 0.433 e. The Hall–Kier alpha value is -1.59. The number of anilines is 1. The summed E-state index contributed by atoms with van der Waals surface area (Å²) in [7, 11) is 0. The molecular weight excluding hydrogens is 355 g/mol. The second-order valence-corrected chi connectivity index (χ2v) is 5.70. The second-order valence-electron chi connectivity index (χ2n) is 3.79. The number of rotatable bonds is 3. The van der Waals surface area contributed by atoms with Crippen LogP contribution in [0.5, 0.6) is 0 Å². The summed E-state index contributed by atoms with van der Waals surface area (Å²) < 4.78 is 38.7. The van der Waals surface area contributed by atoms with Crippen molar-refractivity contribution >= 4 is 33.1 Å². The number of nitrogens with one attached hydrogen (secondary N) is 1. The van der Waals surface area contributed by atoms with E-state index >= 15 is 0 Å². The van der Waals surface area contributed by atoms with Gasteiger partial charge in [0.15, 0.2) is 0 Å². The van der Waals surface area contributed by atoms with E-state index in [1.54, 1.807) is 0 Å². The van der Waals surface area contributed by atoms with Crippen LogP contribution in [0.2, 0.25) is 0 Å². The van der Waals surface area contributed by atoms with Crippen molar-refractivity contribution in [3.63, 3.8) is 0 Å². The SMILES string of the molecule is N#Cc1ccc(C(F)(F)F)nc1NCc1cc(Br)cs1. The third kappa shape index (κ3) is 3.49. The van der Waals surface area contributed by atoms with Crippen molar-refractivity contribution in [2.45, 2.75) is 12.7 Å². The second kappa shape index (κ2) is 5.81. The Bertz CT molecular complexity index is 661. The monoisotopic (exact) mass is 361 g/mol. The van der Waals surface area contributed by atoms with Crippen molar-refractivity contribution in [1.82, 2.24) is 4.98 Å². The fourth-order valence-corrected chi connectivity index (χ4v) is 2.85. The van der Waals surface area contributed by atoms with E-state index in [0.29, 0.717) is 6.54 Å². The Labute approximate surface area is 125 Å². The van der Waals surface area contributed by atoms with Crippen molar-refractivity contribution in [3.8, 4) is 6.07 Å². The maximum atomic E-state index is 12.6. The first-order valence-electron chi connectivity index (χ1n) is 5.35. The topological polar surface area (TPSA) is 48.7 Å². The Balaban J connectivity index is 2.23. The summed E-state index contributed by atoms with van der Waals surface area (Å²) in [4.78, 5) is 4.39. The van der Waals surface area contributed by atoms with E-state index in [1.807, 2.05) is 17.5 Å². The summed E-state index contributed by atoms with van der Waals surface area (Å²) in [6.45, 7) is 0.305. The summed E-state index contributed by atoms with van der Waals surface area (Å²) in [6, 6.07) is 5.57. The minimum atomic E-state index is -4.53. The quantitative estimate of drug-likeness (QED) is 0.880. The number of hydrogen-bond acceptors (Lipinski definition) is 4. The highest BCUT2D eigenvalue weighted by Crippen LogP contribution is 2.29. The average Bonchev–Trinajstić information content (AvgIpc) is 2.80. The van der Waals surface area contributed by atoms with Crippen molar-refractivity contribution in [1.29, 1.82) is 5.26 Å². The molecule has 2 rings (SSSR count). The lowest BCUT2D eigenvalue weighted by atomic mass is 10.2. The Morgan fingerprint density at radius 3 is 2.70 bits per heavy atom. The zero-order chi connectivity index (χ0) is 14.8. The number of halogens is 4. The largest absolute Gasteiger partial charge is 0.433 e. The third-order valence-electron chi connectivity index (χ3n) is 2.36. The first kappa shape index (κ1) is 14.8. The molecule has 0 aliphatic carbocycles. The molecule has 2 aromatic heterocycles. The van der Waals surface area contributed by atoms with Gasteiger partial charge in [-0.05, 0) is 34.1 Å².